The fraction of sp³-hybridized carbons (Fsp3) is 0.129. The number of hydrogen-bond acceptors (Lipinski definition) is 5. The van der Waals surface area contributed by atoms with E-state index in [1.54, 1.807) is 19.3 Å². The molecule has 0 radical (unpaired) electrons. The average Bonchev–Trinajstić information content (AvgIpc) is 3.28. The molecule has 0 unspecified atom stereocenters. The van der Waals surface area contributed by atoms with E-state index in [-0.39, 0.29) is 0 Å². The summed E-state index contributed by atoms with van der Waals surface area (Å²) >= 11 is 3.61. The normalized spacial score (nSPS) is 14.0. The first-order chi connectivity index (χ1) is 18.0. The fourth-order valence-electron chi connectivity index (χ4n) is 4.14. The van der Waals surface area contributed by atoms with Crippen LogP contribution in [-0.2, 0) is 16.1 Å². The van der Waals surface area contributed by atoms with Gasteiger partial charge in [-0.3, -0.25) is 0 Å². The third-order valence-electron chi connectivity index (χ3n) is 5.95. The molecular formula is C31H25BrO5. The van der Waals surface area contributed by atoms with Gasteiger partial charge in [-0.1, -0.05) is 36.4 Å². The van der Waals surface area contributed by atoms with Gasteiger partial charge >= 0.3 is 5.97 Å². The summed E-state index contributed by atoms with van der Waals surface area (Å²) in [4.78, 5) is 12.6. The molecule has 4 aromatic rings. The molecule has 0 amide bonds. The van der Waals surface area contributed by atoms with Gasteiger partial charge in [0.25, 0.3) is 0 Å². The van der Waals surface area contributed by atoms with Crippen molar-refractivity contribution in [2.24, 2.45) is 0 Å². The van der Waals surface area contributed by atoms with Crippen molar-refractivity contribution < 1.29 is 23.7 Å². The van der Waals surface area contributed by atoms with E-state index in [2.05, 4.69) is 46.3 Å². The Balaban J connectivity index is 1.36. The van der Waals surface area contributed by atoms with Crippen molar-refractivity contribution in [2.75, 3.05) is 13.7 Å². The molecule has 37 heavy (non-hydrogen) atoms. The van der Waals surface area contributed by atoms with Crippen LogP contribution in [0.15, 0.2) is 95.0 Å². The van der Waals surface area contributed by atoms with Crippen molar-refractivity contribution >= 4 is 44.5 Å². The maximum Gasteiger partial charge on any atom is 0.343 e. The highest BCUT2D eigenvalue weighted by Gasteiger charge is 2.22. The van der Waals surface area contributed by atoms with Crippen molar-refractivity contribution in [1.29, 1.82) is 0 Å². The third kappa shape index (κ3) is 5.54. The highest BCUT2D eigenvalue weighted by atomic mass is 79.9. The molecule has 1 aliphatic rings. The number of halogens is 1. The van der Waals surface area contributed by atoms with E-state index in [1.165, 1.54) is 5.39 Å². The van der Waals surface area contributed by atoms with Gasteiger partial charge in [0.15, 0.2) is 11.5 Å². The minimum Gasteiger partial charge on any atom is -0.494 e. The number of carbonyl (C=O) groups is 1. The number of rotatable bonds is 8. The smallest absolute Gasteiger partial charge is 0.343 e. The van der Waals surface area contributed by atoms with Gasteiger partial charge in [-0.05, 0) is 99.4 Å². The minimum absolute atomic E-state index is 0.390. The zero-order chi connectivity index (χ0) is 25.8. The monoisotopic (exact) mass is 556 g/mol. The van der Waals surface area contributed by atoms with Gasteiger partial charge in [0.2, 0.25) is 0 Å². The van der Waals surface area contributed by atoms with Crippen LogP contribution < -0.4 is 14.2 Å². The Bertz CT molecular complexity index is 1520. The third-order valence-corrected chi connectivity index (χ3v) is 6.53. The van der Waals surface area contributed by atoms with Crippen LogP contribution >= 0.6 is 15.9 Å². The van der Waals surface area contributed by atoms with Crippen LogP contribution in [0.2, 0.25) is 0 Å². The van der Waals surface area contributed by atoms with Crippen LogP contribution in [0.1, 0.15) is 23.6 Å². The van der Waals surface area contributed by atoms with E-state index in [4.69, 9.17) is 18.9 Å². The quantitative estimate of drug-likeness (QED) is 0.165. The van der Waals surface area contributed by atoms with Crippen LogP contribution in [-0.4, -0.2) is 19.7 Å². The molecule has 1 heterocycles. The summed E-state index contributed by atoms with van der Waals surface area (Å²) in [5, 5.41) is 2.35. The summed E-state index contributed by atoms with van der Waals surface area (Å²) in [6.45, 7) is 2.92. The summed E-state index contributed by atoms with van der Waals surface area (Å²) in [7, 11) is 1.59. The van der Waals surface area contributed by atoms with E-state index < -0.39 is 5.97 Å². The topological polar surface area (TPSA) is 54.0 Å². The number of fused-ring (bicyclic) bond motifs is 1. The van der Waals surface area contributed by atoms with Gasteiger partial charge in [-0.25, -0.2) is 4.79 Å². The number of benzene rings is 4. The van der Waals surface area contributed by atoms with Crippen molar-refractivity contribution in [3.05, 3.63) is 112 Å². The summed E-state index contributed by atoms with van der Waals surface area (Å²) in [5.41, 5.74) is 3.08. The first-order valence-corrected chi connectivity index (χ1v) is 12.7. The first kappa shape index (κ1) is 24.7. The second-order valence-corrected chi connectivity index (χ2v) is 9.31. The molecule has 5 nitrogen and oxygen atoms in total. The predicted molar refractivity (Wildman–Crippen MR) is 149 cm³/mol. The number of cyclic esters (lactones) is 1. The van der Waals surface area contributed by atoms with Gasteiger partial charge in [0.05, 0.1) is 23.8 Å². The second kappa shape index (κ2) is 10.9. The largest absolute Gasteiger partial charge is 0.494 e. The van der Waals surface area contributed by atoms with Gasteiger partial charge in [0, 0.05) is 5.56 Å². The summed E-state index contributed by atoms with van der Waals surface area (Å²) in [5.74, 6) is 2.02. The first-order valence-electron chi connectivity index (χ1n) is 11.9. The van der Waals surface area contributed by atoms with E-state index in [9.17, 15) is 4.79 Å². The molecule has 4 aromatic carbocycles. The van der Waals surface area contributed by atoms with Crippen molar-refractivity contribution in [1.82, 2.24) is 0 Å². The molecule has 0 fully saturated rings. The Morgan fingerprint density at radius 3 is 2.46 bits per heavy atom. The highest BCUT2D eigenvalue weighted by Crippen LogP contribution is 2.38. The second-order valence-electron chi connectivity index (χ2n) is 8.46. The molecule has 0 spiro atoms. The number of esters is 1. The minimum atomic E-state index is -0.407. The van der Waals surface area contributed by atoms with Crippen LogP contribution in [0.25, 0.3) is 22.6 Å². The Kier molecular flexibility index (Phi) is 7.28. The van der Waals surface area contributed by atoms with Gasteiger partial charge in [-0.15, -0.1) is 0 Å². The summed E-state index contributed by atoms with van der Waals surface area (Å²) in [6, 6.07) is 25.7. The van der Waals surface area contributed by atoms with Gasteiger partial charge in [-0.2, -0.15) is 0 Å². The molecule has 0 saturated carbocycles. The van der Waals surface area contributed by atoms with Crippen LogP contribution in [0.3, 0.4) is 0 Å². The molecule has 0 N–H and O–H groups in total. The Hall–Kier alpha value is -4.03. The van der Waals surface area contributed by atoms with Crippen LogP contribution in [0.4, 0.5) is 0 Å². The maximum atomic E-state index is 12.6. The molecule has 0 bridgehead atoms. The fourth-order valence-corrected chi connectivity index (χ4v) is 4.71. The molecule has 1 aliphatic heterocycles. The van der Waals surface area contributed by atoms with Crippen molar-refractivity contribution in [2.45, 2.75) is 13.5 Å². The van der Waals surface area contributed by atoms with Gasteiger partial charge < -0.3 is 18.9 Å². The molecule has 5 rings (SSSR count). The number of hydrogen-bond donors (Lipinski definition) is 0. The maximum absolute atomic E-state index is 12.6. The molecular weight excluding hydrogens is 532 g/mol. The molecule has 0 aliphatic carbocycles. The van der Waals surface area contributed by atoms with E-state index in [1.807, 2.05) is 55.5 Å². The molecule has 186 valence electrons. The zero-order valence-electron chi connectivity index (χ0n) is 20.5. The Morgan fingerprint density at radius 1 is 0.919 bits per heavy atom. The summed E-state index contributed by atoms with van der Waals surface area (Å²) < 4.78 is 23.5. The molecule has 0 saturated heterocycles. The zero-order valence-corrected chi connectivity index (χ0v) is 22.1. The van der Waals surface area contributed by atoms with Crippen LogP contribution in [0, 0.1) is 0 Å². The standard InChI is InChI=1S/C31H25BrO5/c1-3-35-26-12-10-23(11-13-26)28-18-25(31(33)37-28)15-21-16-27(32)30(29(17-21)34-2)36-19-20-8-9-22-6-4-5-7-24(22)14-20/h4-18H,3,19H2,1-2H3. The lowest BCUT2D eigenvalue weighted by Gasteiger charge is -2.14. The van der Waals surface area contributed by atoms with E-state index >= 15 is 0 Å². The van der Waals surface area contributed by atoms with Crippen LogP contribution in [0.5, 0.6) is 17.2 Å². The number of ether oxygens (including phenoxy) is 4. The molecule has 0 aromatic heterocycles. The molecule has 0 atom stereocenters. The average molecular weight is 557 g/mol. The summed E-state index contributed by atoms with van der Waals surface area (Å²) in [6.07, 6.45) is 3.51. The lowest BCUT2D eigenvalue weighted by atomic mass is 10.1. The van der Waals surface area contributed by atoms with Crippen molar-refractivity contribution in [3.8, 4) is 17.2 Å². The van der Waals surface area contributed by atoms with Crippen molar-refractivity contribution in [3.63, 3.8) is 0 Å². The Morgan fingerprint density at radius 2 is 1.70 bits per heavy atom. The van der Waals surface area contributed by atoms with E-state index in [0.29, 0.717) is 36.0 Å². The highest BCUT2D eigenvalue weighted by molar-refractivity contribution is 9.10. The number of carbonyl (C=O) groups excluding carboxylic acids is 1. The number of methoxy groups -OCH3 is 1. The predicted octanol–water partition coefficient (Wildman–Crippen LogP) is 7.57. The Labute approximate surface area is 224 Å². The lowest BCUT2D eigenvalue weighted by Crippen LogP contribution is -2.00. The SMILES string of the molecule is CCOc1ccc(C2=CC(=Cc3cc(Br)c(OCc4ccc5ccccc5c4)c(OC)c3)C(=O)O2)cc1. The molecule has 6 heteroatoms. The van der Waals surface area contributed by atoms with E-state index in [0.717, 1.165) is 32.3 Å². The van der Waals surface area contributed by atoms with Gasteiger partial charge in [0.1, 0.15) is 18.1 Å². The lowest BCUT2D eigenvalue weighted by molar-refractivity contribution is -0.130.